The van der Waals surface area contributed by atoms with Crippen molar-refractivity contribution >= 4 is 42.3 Å². The molecule has 2 N–H and O–H groups in total. The Labute approximate surface area is 246 Å². The van der Waals surface area contributed by atoms with Gasteiger partial charge in [-0.05, 0) is 33.3 Å². The van der Waals surface area contributed by atoms with Crippen molar-refractivity contribution in [3.63, 3.8) is 0 Å². The maximum absolute atomic E-state index is 13.3. The van der Waals surface area contributed by atoms with Crippen LogP contribution in [0.1, 0.15) is 48.4 Å². The van der Waals surface area contributed by atoms with Gasteiger partial charge in [-0.25, -0.2) is 0 Å². The smallest absolute Gasteiger partial charge is 0.262 e. The van der Waals surface area contributed by atoms with Gasteiger partial charge in [-0.2, -0.15) is 0 Å². The van der Waals surface area contributed by atoms with Crippen LogP contribution < -0.4 is 10.4 Å². The number of nitrogens with zero attached hydrogens (tertiary/aromatic N) is 1. The van der Waals surface area contributed by atoms with Crippen LogP contribution in [0.15, 0.2) is 84.9 Å². The Kier molecular flexibility index (Phi) is 8.57. The lowest BCUT2D eigenvalue weighted by Gasteiger charge is -2.47. The van der Waals surface area contributed by atoms with Crippen LogP contribution in [0.4, 0.5) is 0 Å². The number of thioether (sulfide) groups is 1. The van der Waals surface area contributed by atoms with Crippen molar-refractivity contribution < 1.29 is 29.0 Å². The normalized spacial score (nSPS) is 24.9. The molecule has 2 amide bonds. The first kappa shape index (κ1) is 29.7. The number of aliphatic hydroxyl groups is 2. The molecule has 0 spiro atoms. The highest BCUT2D eigenvalue weighted by Crippen LogP contribution is 2.39. The van der Waals surface area contributed by atoms with Gasteiger partial charge in [0.05, 0.1) is 17.7 Å². The molecule has 9 heteroatoms. The molecule has 3 aromatic carbocycles. The molecule has 5 atom stereocenters. The SMILES string of the molecule is CCS[C@@H]1O[C@H](CO[Si](c2ccccc2)(c2ccccc2)C(C)(C)C)[C@@H](O)[C@H](O)[C@H]1N1C(=O)c2ccccc2C1=O. The van der Waals surface area contributed by atoms with Crippen LogP contribution in [0, 0.1) is 0 Å². The van der Waals surface area contributed by atoms with Gasteiger partial charge in [0.2, 0.25) is 0 Å². The molecule has 0 unspecified atom stereocenters. The number of benzene rings is 3. The molecule has 5 rings (SSSR count). The fourth-order valence-corrected chi connectivity index (χ4v) is 11.7. The largest absolute Gasteiger partial charge is 0.405 e. The molecule has 2 aliphatic rings. The highest BCUT2D eigenvalue weighted by atomic mass is 32.2. The fourth-order valence-electron chi connectivity index (χ4n) is 6.08. The van der Waals surface area contributed by atoms with E-state index in [2.05, 4.69) is 45.0 Å². The second-order valence-electron chi connectivity index (χ2n) is 11.5. The van der Waals surface area contributed by atoms with Crippen molar-refractivity contribution in [1.82, 2.24) is 4.90 Å². The second kappa shape index (κ2) is 11.8. The Balaban J connectivity index is 1.46. The van der Waals surface area contributed by atoms with E-state index in [0.717, 1.165) is 15.3 Å². The topological polar surface area (TPSA) is 96.3 Å². The number of rotatable bonds is 8. The van der Waals surface area contributed by atoms with E-state index in [0.29, 0.717) is 5.75 Å². The van der Waals surface area contributed by atoms with Crippen LogP contribution in [-0.2, 0) is 9.16 Å². The first-order chi connectivity index (χ1) is 19.6. The summed E-state index contributed by atoms with van der Waals surface area (Å²) in [6.45, 7) is 8.47. The summed E-state index contributed by atoms with van der Waals surface area (Å²) in [4.78, 5) is 27.7. The number of carbonyl (C=O) groups excluding carboxylic acids is 2. The first-order valence-electron chi connectivity index (χ1n) is 14.0. The van der Waals surface area contributed by atoms with Crippen LogP contribution in [0.3, 0.4) is 0 Å². The second-order valence-corrected chi connectivity index (χ2v) is 17.2. The highest BCUT2D eigenvalue weighted by Gasteiger charge is 2.55. The monoisotopic (exact) mass is 591 g/mol. The Bertz CT molecular complexity index is 1310. The first-order valence-corrected chi connectivity index (χ1v) is 16.9. The predicted octanol–water partition coefficient (Wildman–Crippen LogP) is 3.43. The zero-order valence-corrected chi connectivity index (χ0v) is 25.6. The van der Waals surface area contributed by atoms with Crippen molar-refractivity contribution in [3.05, 3.63) is 96.1 Å². The zero-order valence-electron chi connectivity index (χ0n) is 23.8. The van der Waals surface area contributed by atoms with E-state index in [4.69, 9.17) is 9.16 Å². The molecule has 0 bridgehead atoms. The lowest BCUT2D eigenvalue weighted by molar-refractivity contribution is -0.180. The number of aliphatic hydroxyl groups excluding tert-OH is 2. The van der Waals surface area contributed by atoms with Gasteiger partial charge in [0.15, 0.2) is 0 Å². The summed E-state index contributed by atoms with van der Waals surface area (Å²) in [5, 5.41) is 24.8. The third kappa shape index (κ3) is 5.20. The van der Waals surface area contributed by atoms with Gasteiger partial charge < -0.3 is 19.4 Å². The van der Waals surface area contributed by atoms with E-state index in [-0.39, 0.29) is 22.8 Å². The number of imide groups is 1. The van der Waals surface area contributed by atoms with Crippen molar-refractivity contribution in [3.8, 4) is 0 Å². The Morgan fingerprint density at radius 3 is 1.78 bits per heavy atom. The van der Waals surface area contributed by atoms with Crippen LogP contribution >= 0.6 is 11.8 Å². The number of fused-ring (bicyclic) bond motifs is 1. The summed E-state index contributed by atoms with van der Waals surface area (Å²) in [6.07, 6.45) is -3.67. The molecule has 1 fully saturated rings. The Morgan fingerprint density at radius 2 is 1.32 bits per heavy atom. The molecule has 0 radical (unpaired) electrons. The van der Waals surface area contributed by atoms with E-state index in [9.17, 15) is 19.8 Å². The zero-order chi connectivity index (χ0) is 29.4. The lowest BCUT2D eigenvalue weighted by Crippen LogP contribution is -2.69. The van der Waals surface area contributed by atoms with Gasteiger partial charge >= 0.3 is 0 Å². The summed E-state index contributed by atoms with van der Waals surface area (Å²) < 4.78 is 13.4. The maximum Gasteiger partial charge on any atom is 0.262 e. The van der Waals surface area contributed by atoms with Gasteiger partial charge in [0.25, 0.3) is 20.1 Å². The van der Waals surface area contributed by atoms with Crippen LogP contribution in [0.5, 0.6) is 0 Å². The molecule has 216 valence electrons. The number of hydrogen-bond acceptors (Lipinski definition) is 7. The van der Waals surface area contributed by atoms with Gasteiger partial charge in [-0.3, -0.25) is 14.5 Å². The van der Waals surface area contributed by atoms with Gasteiger partial charge in [0.1, 0.15) is 29.8 Å². The summed E-state index contributed by atoms with van der Waals surface area (Å²) in [5.74, 6) is -0.363. The van der Waals surface area contributed by atoms with Gasteiger partial charge in [-0.1, -0.05) is 100 Å². The van der Waals surface area contributed by atoms with Crippen molar-refractivity contribution in [2.45, 2.75) is 62.5 Å². The minimum atomic E-state index is -2.93. The number of amides is 2. The quantitative estimate of drug-likeness (QED) is 0.306. The van der Waals surface area contributed by atoms with E-state index in [1.807, 2.05) is 43.3 Å². The fraction of sp³-hybridized carbons (Fsp3) is 0.375. The third-order valence-electron chi connectivity index (χ3n) is 8.00. The van der Waals surface area contributed by atoms with E-state index in [1.165, 1.54) is 11.8 Å². The Hall–Kier alpha value is -2.79. The van der Waals surface area contributed by atoms with Crippen LogP contribution in [0.25, 0.3) is 0 Å². The summed E-state index contributed by atoms with van der Waals surface area (Å²) in [7, 11) is -2.93. The maximum atomic E-state index is 13.3. The molecular formula is C32H37NO6SSi. The average Bonchev–Trinajstić information content (AvgIpc) is 3.22. The van der Waals surface area contributed by atoms with Gasteiger partial charge in [-0.15, -0.1) is 11.8 Å². The minimum absolute atomic E-state index is 0.0289. The average molecular weight is 592 g/mol. The molecule has 41 heavy (non-hydrogen) atoms. The highest BCUT2D eigenvalue weighted by molar-refractivity contribution is 7.99. The van der Waals surface area contributed by atoms with Crippen LogP contribution in [0.2, 0.25) is 5.04 Å². The summed E-state index contributed by atoms with van der Waals surface area (Å²) >= 11 is 1.39. The van der Waals surface area contributed by atoms with Crippen molar-refractivity contribution in [2.24, 2.45) is 0 Å². The van der Waals surface area contributed by atoms with Crippen molar-refractivity contribution in [2.75, 3.05) is 12.4 Å². The number of carbonyl (C=O) groups is 2. The molecule has 1 saturated heterocycles. The van der Waals surface area contributed by atoms with Crippen molar-refractivity contribution in [1.29, 1.82) is 0 Å². The molecule has 0 aromatic heterocycles. The molecule has 0 saturated carbocycles. The summed E-state index contributed by atoms with van der Waals surface area (Å²) in [5.41, 5.74) is -0.165. The third-order valence-corrected chi connectivity index (χ3v) is 14.1. The van der Waals surface area contributed by atoms with E-state index >= 15 is 0 Å². The number of hydrogen-bond donors (Lipinski definition) is 2. The molecule has 0 aliphatic carbocycles. The van der Waals surface area contributed by atoms with E-state index < -0.39 is 49.9 Å². The molecular weight excluding hydrogens is 555 g/mol. The minimum Gasteiger partial charge on any atom is -0.405 e. The predicted molar refractivity (Wildman–Crippen MR) is 163 cm³/mol. The van der Waals surface area contributed by atoms with E-state index in [1.54, 1.807) is 24.3 Å². The van der Waals surface area contributed by atoms with Crippen LogP contribution in [-0.4, -0.2) is 77.4 Å². The standard InChI is InChI=1S/C32H37NO6SSi/c1-5-40-31-26(33-29(36)23-18-12-13-19-24(23)30(33)37)28(35)27(34)25(39-31)20-38-41(32(2,3)4,21-14-8-6-9-15-21)22-16-10-7-11-17-22/h6-19,25-28,31,34-35H,5,20H2,1-4H3/t25-,26-,27-,28-,31+/m1/s1. The molecule has 2 heterocycles. The van der Waals surface area contributed by atoms with Gasteiger partial charge in [0, 0.05) is 0 Å². The Morgan fingerprint density at radius 1 is 0.829 bits per heavy atom. The molecule has 2 aliphatic heterocycles. The molecule has 3 aromatic rings. The lowest BCUT2D eigenvalue weighted by atomic mass is 9.97. The number of ether oxygens (including phenoxy) is 1. The summed E-state index contributed by atoms with van der Waals surface area (Å²) in [6, 6.07) is 25.9. The molecule has 7 nitrogen and oxygen atoms in total.